The average Bonchev–Trinajstić information content (AvgIpc) is 2.97. The zero-order chi connectivity index (χ0) is 20.3. The molecule has 0 saturated heterocycles. The number of carbonyl (C=O) groups is 1. The van der Waals surface area contributed by atoms with Crippen LogP contribution in [0.15, 0.2) is 36.4 Å². The van der Waals surface area contributed by atoms with Crippen molar-refractivity contribution in [3.05, 3.63) is 63.6 Å². The Morgan fingerprint density at radius 1 is 1.14 bits per heavy atom. The number of carbonyl (C=O) groups excluding carboxylic acids is 1. The Balaban J connectivity index is 1.98. The Morgan fingerprint density at radius 2 is 1.93 bits per heavy atom. The van der Waals surface area contributed by atoms with E-state index >= 15 is 0 Å². The van der Waals surface area contributed by atoms with Gasteiger partial charge in [0.1, 0.15) is 11.6 Å². The summed E-state index contributed by atoms with van der Waals surface area (Å²) in [6, 6.07) is 9.45. The minimum Gasteiger partial charge on any atom is -0.331 e. The normalized spacial score (nSPS) is 11.2. The minimum absolute atomic E-state index is 0.176. The van der Waals surface area contributed by atoms with Gasteiger partial charge in [-0.2, -0.15) is 0 Å². The summed E-state index contributed by atoms with van der Waals surface area (Å²) in [5, 5.41) is 0.804. The predicted molar refractivity (Wildman–Crippen MR) is 111 cm³/mol. The van der Waals surface area contributed by atoms with Gasteiger partial charge in [0.2, 0.25) is 0 Å². The molecule has 0 saturated carbocycles. The highest BCUT2D eigenvalue weighted by Crippen LogP contribution is 2.24. The van der Waals surface area contributed by atoms with Gasteiger partial charge in [-0.15, -0.1) is 0 Å². The number of aryl methyl sites for hydroxylation is 1. The van der Waals surface area contributed by atoms with Crippen LogP contribution in [0, 0.1) is 5.82 Å². The van der Waals surface area contributed by atoms with Crippen molar-refractivity contribution in [3.63, 3.8) is 0 Å². The third kappa shape index (κ3) is 4.31. The van der Waals surface area contributed by atoms with Gasteiger partial charge >= 0.3 is 0 Å². The van der Waals surface area contributed by atoms with E-state index in [2.05, 4.69) is 11.9 Å². The second kappa shape index (κ2) is 8.93. The standard InChI is InChI=1S/C21H22Cl2FN3O/c1-3-9-26(21(28)16-7-5-14(22)11-17(16)23)13-20-25-18-12-15(24)6-8-19(18)27(20)10-4-2/h5-8,11-12H,3-4,9-10,13H2,1-2H3. The molecule has 0 aliphatic heterocycles. The summed E-state index contributed by atoms with van der Waals surface area (Å²) in [6.45, 7) is 5.70. The lowest BCUT2D eigenvalue weighted by Crippen LogP contribution is -2.32. The van der Waals surface area contributed by atoms with Crippen molar-refractivity contribution in [3.8, 4) is 0 Å². The van der Waals surface area contributed by atoms with Crippen LogP contribution in [-0.2, 0) is 13.1 Å². The van der Waals surface area contributed by atoms with Crippen LogP contribution in [0.2, 0.25) is 10.0 Å². The lowest BCUT2D eigenvalue weighted by Gasteiger charge is -2.23. The van der Waals surface area contributed by atoms with Crippen molar-refractivity contribution >= 4 is 40.1 Å². The number of fused-ring (bicyclic) bond motifs is 1. The number of amides is 1. The van der Waals surface area contributed by atoms with Gasteiger partial charge in [0, 0.05) is 24.2 Å². The molecule has 3 rings (SSSR count). The Bertz CT molecular complexity index is 1000. The molecule has 0 radical (unpaired) electrons. The monoisotopic (exact) mass is 421 g/mol. The molecule has 1 amide bonds. The molecule has 1 aromatic heterocycles. The summed E-state index contributed by atoms with van der Waals surface area (Å²) in [5.74, 6) is 0.230. The van der Waals surface area contributed by atoms with Gasteiger partial charge in [-0.05, 0) is 43.2 Å². The Kier molecular flexibility index (Phi) is 6.57. The molecular formula is C21H22Cl2FN3O. The molecule has 7 heteroatoms. The Hall–Kier alpha value is -2.11. The Labute approximate surface area is 173 Å². The summed E-state index contributed by atoms with van der Waals surface area (Å²) in [4.78, 5) is 19.4. The minimum atomic E-state index is -0.324. The summed E-state index contributed by atoms with van der Waals surface area (Å²) in [7, 11) is 0. The highest BCUT2D eigenvalue weighted by molar-refractivity contribution is 6.36. The molecule has 0 aliphatic carbocycles. The quantitative estimate of drug-likeness (QED) is 0.472. The molecule has 0 atom stereocenters. The largest absolute Gasteiger partial charge is 0.331 e. The molecule has 1 heterocycles. The van der Waals surface area contributed by atoms with E-state index in [0.29, 0.717) is 34.2 Å². The fourth-order valence-corrected chi connectivity index (χ4v) is 3.76. The van der Waals surface area contributed by atoms with E-state index in [1.165, 1.54) is 12.1 Å². The number of hydrogen-bond donors (Lipinski definition) is 0. The molecule has 148 valence electrons. The molecule has 0 spiro atoms. The molecule has 3 aromatic rings. The maximum Gasteiger partial charge on any atom is 0.255 e. The SMILES string of the molecule is CCCN(Cc1nc2cc(F)ccc2n1CCC)C(=O)c1ccc(Cl)cc1Cl. The maximum atomic E-state index is 13.6. The first-order valence-corrected chi connectivity index (χ1v) is 10.1. The number of hydrogen-bond acceptors (Lipinski definition) is 2. The predicted octanol–water partition coefficient (Wildman–Crippen LogP) is 5.94. The molecule has 4 nitrogen and oxygen atoms in total. The van der Waals surface area contributed by atoms with Gasteiger partial charge in [0.05, 0.1) is 28.2 Å². The van der Waals surface area contributed by atoms with Crippen molar-refractivity contribution in [1.29, 1.82) is 0 Å². The van der Waals surface area contributed by atoms with Gasteiger partial charge in [-0.3, -0.25) is 4.79 Å². The van der Waals surface area contributed by atoms with Crippen molar-refractivity contribution in [2.75, 3.05) is 6.54 Å². The van der Waals surface area contributed by atoms with E-state index in [4.69, 9.17) is 23.2 Å². The van der Waals surface area contributed by atoms with Crippen LogP contribution in [0.4, 0.5) is 4.39 Å². The summed E-state index contributed by atoms with van der Waals surface area (Å²) in [5.41, 5.74) is 1.87. The first-order valence-electron chi connectivity index (χ1n) is 9.33. The van der Waals surface area contributed by atoms with E-state index in [-0.39, 0.29) is 11.7 Å². The van der Waals surface area contributed by atoms with Gasteiger partial charge in [0.15, 0.2) is 0 Å². The number of halogens is 3. The molecule has 0 N–H and O–H groups in total. The average molecular weight is 422 g/mol. The van der Waals surface area contributed by atoms with Gasteiger partial charge < -0.3 is 9.47 Å². The number of benzene rings is 2. The number of nitrogens with zero attached hydrogens (tertiary/aromatic N) is 3. The highest BCUT2D eigenvalue weighted by Gasteiger charge is 2.21. The lowest BCUT2D eigenvalue weighted by molar-refractivity contribution is 0.0737. The lowest BCUT2D eigenvalue weighted by atomic mass is 10.2. The molecule has 0 aliphatic rings. The molecule has 0 unspecified atom stereocenters. The van der Waals surface area contributed by atoms with Crippen molar-refractivity contribution < 1.29 is 9.18 Å². The Morgan fingerprint density at radius 3 is 2.61 bits per heavy atom. The molecule has 0 fully saturated rings. The van der Waals surface area contributed by atoms with E-state index in [0.717, 1.165) is 30.7 Å². The summed E-state index contributed by atoms with van der Waals surface area (Å²) < 4.78 is 15.7. The van der Waals surface area contributed by atoms with E-state index in [1.807, 2.05) is 11.5 Å². The summed E-state index contributed by atoms with van der Waals surface area (Å²) in [6.07, 6.45) is 1.69. The first-order chi connectivity index (χ1) is 13.4. The number of imidazole rings is 1. The zero-order valence-electron chi connectivity index (χ0n) is 15.9. The van der Waals surface area contributed by atoms with Crippen molar-refractivity contribution in [2.45, 2.75) is 39.8 Å². The fraction of sp³-hybridized carbons (Fsp3) is 0.333. The van der Waals surface area contributed by atoms with E-state index in [9.17, 15) is 9.18 Å². The third-order valence-corrected chi connectivity index (χ3v) is 5.06. The van der Waals surface area contributed by atoms with Crippen LogP contribution in [-0.4, -0.2) is 26.9 Å². The third-order valence-electron chi connectivity index (χ3n) is 4.51. The van der Waals surface area contributed by atoms with Crippen LogP contribution < -0.4 is 0 Å². The second-order valence-electron chi connectivity index (χ2n) is 6.66. The topological polar surface area (TPSA) is 38.1 Å². The first kappa shape index (κ1) is 20.6. The van der Waals surface area contributed by atoms with E-state index < -0.39 is 0 Å². The molecule has 28 heavy (non-hydrogen) atoms. The molecule has 0 bridgehead atoms. The van der Waals surface area contributed by atoms with Gasteiger partial charge in [0.25, 0.3) is 5.91 Å². The van der Waals surface area contributed by atoms with Crippen molar-refractivity contribution in [1.82, 2.24) is 14.5 Å². The molecular weight excluding hydrogens is 400 g/mol. The fourth-order valence-electron chi connectivity index (χ4n) is 3.27. The van der Waals surface area contributed by atoms with Crippen LogP contribution >= 0.6 is 23.2 Å². The van der Waals surface area contributed by atoms with Gasteiger partial charge in [-0.1, -0.05) is 37.0 Å². The second-order valence-corrected chi connectivity index (χ2v) is 7.51. The maximum absolute atomic E-state index is 13.6. The van der Waals surface area contributed by atoms with E-state index in [1.54, 1.807) is 29.2 Å². The molecule has 2 aromatic carbocycles. The number of aromatic nitrogens is 2. The van der Waals surface area contributed by atoms with Gasteiger partial charge in [-0.25, -0.2) is 9.37 Å². The highest BCUT2D eigenvalue weighted by atomic mass is 35.5. The van der Waals surface area contributed by atoms with Crippen molar-refractivity contribution in [2.24, 2.45) is 0 Å². The zero-order valence-corrected chi connectivity index (χ0v) is 17.4. The van der Waals surface area contributed by atoms with Crippen LogP contribution in [0.5, 0.6) is 0 Å². The van der Waals surface area contributed by atoms with Crippen LogP contribution in [0.3, 0.4) is 0 Å². The smallest absolute Gasteiger partial charge is 0.255 e. The van der Waals surface area contributed by atoms with Crippen LogP contribution in [0.1, 0.15) is 42.9 Å². The van der Waals surface area contributed by atoms with Crippen LogP contribution in [0.25, 0.3) is 11.0 Å². The summed E-state index contributed by atoms with van der Waals surface area (Å²) >= 11 is 12.2. The number of rotatable bonds is 7.